The first-order valence-electron chi connectivity index (χ1n) is 6.26. The summed E-state index contributed by atoms with van der Waals surface area (Å²) in [7, 11) is 0. The van der Waals surface area contributed by atoms with Crippen LogP contribution in [-0.2, 0) is 0 Å². The van der Waals surface area contributed by atoms with E-state index in [0.29, 0.717) is 0 Å². The van der Waals surface area contributed by atoms with Gasteiger partial charge in [-0.1, -0.05) is 0 Å². The summed E-state index contributed by atoms with van der Waals surface area (Å²) in [6, 6.07) is 0. The summed E-state index contributed by atoms with van der Waals surface area (Å²) in [6.45, 7) is 6.65. The van der Waals surface area contributed by atoms with Crippen LogP contribution in [0.3, 0.4) is 0 Å². The van der Waals surface area contributed by atoms with E-state index in [0.717, 1.165) is 6.42 Å². The molecule has 0 aliphatic heterocycles. The van der Waals surface area contributed by atoms with Crippen LogP contribution in [0.15, 0.2) is 0 Å². The topological polar surface area (TPSA) is 20.2 Å². The minimum atomic E-state index is -1.16. The van der Waals surface area contributed by atoms with Crippen molar-refractivity contribution in [2.24, 2.45) is 0 Å². The molecule has 0 saturated heterocycles. The maximum absolute atomic E-state index is 9.68. The van der Waals surface area contributed by atoms with Crippen LogP contribution in [-0.4, -0.2) is 31.0 Å². The van der Waals surface area contributed by atoms with Gasteiger partial charge in [-0.05, 0) is 0 Å². The number of aliphatic hydroxyl groups excluding tert-OH is 1. The minimum absolute atomic E-state index is 0.0260. The second-order valence-corrected chi connectivity index (χ2v) is 12.5. The van der Waals surface area contributed by atoms with Crippen molar-refractivity contribution < 1.29 is 5.11 Å². The Hall–Kier alpha value is 0.759. The molecule has 1 nitrogen and oxygen atoms in total. The summed E-state index contributed by atoms with van der Waals surface area (Å²) in [5.74, 6) is 0. The second-order valence-electron chi connectivity index (χ2n) is 4.22. The van der Waals surface area contributed by atoms with Crippen molar-refractivity contribution in [2.45, 2.75) is 72.3 Å². The van der Waals surface area contributed by atoms with E-state index < -0.39 is 19.8 Å². The van der Waals surface area contributed by atoms with Crippen LogP contribution in [0.1, 0.15) is 52.9 Å². The number of hydrogen-bond donors (Lipinski definition) is 1. The third kappa shape index (κ3) is 8.10. The SMILES string of the molecule is CCC[CH2][Sn+]([CH2]CCC)[CH2]C(O)CC. The van der Waals surface area contributed by atoms with Gasteiger partial charge < -0.3 is 0 Å². The van der Waals surface area contributed by atoms with Gasteiger partial charge in [0, 0.05) is 0 Å². The van der Waals surface area contributed by atoms with Crippen LogP contribution in [0.25, 0.3) is 0 Å². The number of rotatable bonds is 9. The summed E-state index contributed by atoms with van der Waals surface area (Å²) in [6.07, 6.45) is 6.47. The average Bonchev–Trinajstić information content (AvgIpc) is 2.21. The van der Waals surface area contributed by atoms with Crippen molar-refractivity contribution in [1.29, 1.82) is 0 Å². The zero-order valence-electron chi connectivity index (χ0n) is 10.2. The molecular formula is C12H27OSn+. The first kappa shape index (κ1) is 14.8. The van der Waals surface area contributed by atoms with Gasteiger partial charge in [-0.25, -0.2) is 0 Å². The molecule has 0 spiro atoms. The van der Waals surface area contributed by atoms with Gasteiger partial charge in [-0.2, -0.15) is 0 Å². The molecule has 0 aliphatic carbocycles. The van der Waals surface area contributed by atoms with Crippen molar-refractivity contribution in [2.75, 3.05) is 0 Å². The molecule has 84 valence electrons. The first-order valence-corrected chi connectivity index (χ1v) is 12.3. The fraction of sp³-hybridized carbons (Fsp3) is 1.00. The average molecular weight is 306 g/mol. The Morgan fingerprint density at radius 1 is 1.00 bits per heavy atom. The molecule has 0 bridgehead atoms. The van der Waals surface area contributed by atoms with E-state index in [1.807, 2.05) is 0 Å². The van der Waals surface area contributed by atoms with Crippen LogP contribution in [0.5, 0.6) is 0 Å². The molecule has 1 atom stereocenters. The monoisotopic (exact) mass is 307 g/mol. The molecule has 0 aliphatic rings. The van der Waals surface area contributed by atoms with Crippen LogP contribution in [0.4, 0.5) is 0 Å². The quantitative estimate of drug-likeness (QED) is 0.642. The Labute approximate surface area is 97.0 Å². The fourth-order valence-corrected chi connectivity index (χ4v) is 11.1. The molecule has 1 N–H and O–H groups in total. The van der Waals surface area contributed by atoms with E-state index in [-0.39, 0.29) is 6.10 Å². The van der Waals surface area contributed by atoms with Gasteiger partial charge in [0.25, 0.3) is 0 Å². The zero-order valence-corrected chi connectivity index (χ0v) is 13.0. The molecule has 0 aromatic rings. The van der Waals surface area contributed by atoms with E-state index in [9.17, 15) is 5.11 Å². The van der Waals surface area contributed by atoms with Gasteiger partial charge in [0.05, 0.1) is 0 Å². The first-order chi connectivity index (χ1) is 6.74. The van der Waals surface area contributed by atoms with Crippen molar-refractivity contribution in [3.05, 3.63) is 0 Å². The van der Waals surface area contributed by atoms with Gasteiger partial charge in [-0.3, -0.25) is 0 Å². The maximum atomic E-state index is 9.68. The number of aliphatic hydroxyl groups is 1. The molecule has 0 heterocycles. The molecule has 0 saturated carbocycles. The van der Waals surface area contributed by atoms with Crippen LogP contribution in [0, 0.1) is 0 Å². The molecule has 0 amide bonds. The predicted octanol–water partition coefficient (Wildman–Crippen LogP) is 3.85. The van der Waals surface area contributed by atoms with Crippen molar-refractivity contribution >= 4 is 19.8 Å². The van der Waals surface area contributed by atoms with Gasteiger partial charge >= 0.3 is 97.2 Å². The summed E-state index contributed by atoms with van der Waals surface area (Å²) in [5.41, 5.74) is 0. The predicted molar refractivity (Wildman–Crippen MR) is 66.3 cm³/mol. The van der Waals surface area contributed by atoms with E-state index in [1.54, 1.807) is 0 Å². The Morgan fingerprint density at radius 2 is 1.50 bits per heavy atom. The molecular weight excluding hydrogens is 279 g/mol. The van der Waals surface area contributed by atoms with Gasteiger partial charge in [-0.15, -0.1) is 0 Å². The molecule has 0 fully saturated rings. The van der Waals surface area contributed by atoms with E-state index >= 15 is 0 Å². The Morgan fingerprint density at radius 3 is 1.86 bits per heavy atom. The molecule has 0 aromatic heterocycles. The van der Waals surface area contributed by atoms with E-state index in [4.69, 9.17) is 0 Å². The summed E-state index contributed by atoms with van der Waals surface area (Å²) in [5, 5.41) is 9.68. The van der Waals surface area contributed by atoms with E-state index in [1.165, 1.54) is 39.0 Å². The molecule has 14 heavy (non-hydrogen) atoms. The van der Waals surface area contributed by atoms with Gasteiger partial charge in [0.2, 0.25) is 0 Å². The van der Waals surface area contributed by atoms with E-state index in [2.05, 4.69) is 20.8 Å². The zero-order chi connectivity index (χ0) is 10.8. The van der Waals surface area contributed by atoms with Crippen LogP contribution >= 0.6 is 0 Å². The van der Waals surface area contributed by atoms with Gasteiger partial charge in [0.15, 0.2) is 0 Å². The summed E-state index contributed by atoms with van der Waals surface area (Å²) < 4.78 is 4.24. The summed E-state index contributed by atoms with van der Waals surface area (Å²) >= 11 is -1.16. The molecule has 0 rings (SSSR count). The third-order valence-electron chi connectivity index (χ3n) is 2.76. The van der Waals surface area contributed by atoms with Crippen molar-refractivity contribution in [1.82, 2.24) is 0 Å². The second kappa shape index (κ2) is 10.3. The Kier molecular flexibility index (Phi) is 10.8. The molecule has 0 radical (unpaired) electrons. The fourth-order valence-electron chi connectivity index (χ4n) is 1.66. The van der Waals surface area contributed by atoms with Crippen LogP contribution < -0.4 is 0 Å². The molecule has 1 unspecified atom stereocenters. The van der Waals surface area contributed by atoms with Crippen molar-refractivity contribution in [3.8, 4) is 0 Å². The third-order valence-corrected chi connectivity index (χ3v) is 11.8. The Balaban J connectivity index is 3.71. The number of unbranched alkanes of at least 4 members (excludes halogenated alkanes) is 2. The molecule has 0 aromatic carbocycles. The summed E-state index contributed by atoms with van der Waals surface area (Å²) in [4.78, 5) is 0. The number of hydrogen-bond acceptors (Lipinski definition) is 1. The Bertz CT molecular complexity index is 109. The molecule has 2 heteroatoms. The standard InChI is InChI=1S/C4H9O.2C4H9.Sn/c1-3-4(2)5;2*1-3-4-2;/h4-5H,2-3H2,1H3;2*1,3-4H2,2H3;/q;;;+1. The van der Waals surface area contributed by atoms with Crippen molar-refractivity contribution in [3.63, 3.8) is 0 Å². The van der Waals surface area contributed by atoms with Gasteiger partial charge in [0.1, 0.15) is 0 Å². The normalized spacial score (nSPS) is 12.9. The van der Waals surface area contributed by atoms with Crippen LogP contribution in [0.2, 0.25) is 13.3 Å².